The average Bonchev–Trinajstić information content (AvgIpc) is 2.97. The summed E-state index contributed by atoms with van der Waals surface area (Å²) in [7, 11) is 1.73. The molecule has 2 N–H and O–H groups in total. The summed E-state index contributed by atoms with van der Waals surface area (Å²) in [5, 5.41) is 13.1. The molecule has 2 unspecified atom stereocenters. The highest BCUT2D eigenvalue weighted by molar-refractivity contribution is 5.82. The molecule has 0 aliphatic heterocycles. The Hall–Kier alpha value is -1.10. The van der Waals surface area contributed by atoms with Crippen molar-refractivity contribution in [2.45, 2.75) is 51.0 Å². The normalized spacial score (nSPS) is 27.1. The van der Waals surface area contributed by atoms with Crippen molar-refractivity contribution in [1.29, 1.82) is 0 Å². The summed E-state index contributed by atoms with van der Waals surface area (Å²) in [6.45, 7) is 2.86. The molecule has 20 heavy (non-hydrogen) atoms. The van der Waals surface area contributed by atoms with Crippen LogP contribution in [0.4, 0.5) is 0 Å². The van der Waals surface area contributed by atoms with Gasteiger partial charge >= 0.3 is 0 Å². The molecule has 0 aromatic carbocycles. The number of nitrogens with zero attached hydrogens (tertiary/aromatic N) is 1. The van der Waals surface area contributed by atoms with Crippen LogP contribution in [0.2, 0.25) is 0 Å². The number of aliphatic hydroxyl groups is 1. The molecule has 2 atom stereocenters. The van der Waals surface area contributed by atoms with E-state index in [1.165, 1.54) is 0 Å². The quantitative estimate of drug-likeness (QED) is 0.761. The first kappa shape index (κ1) is 15.3. The summed E-state index contributed by atoms with van der Waals surface area (Å²) in [5.41, 5.74) is -0.697. The average molecular weight is 282 g/mol. The van der Waals surface area contributed by atoms with Crippen LogP contribution in [0.15, 0.2) is 0 Å². The maximum absolute atomic E-state index is 12.0. The van der Waals surface area contributed by atoms with Crippen LogP contribution in [-0.2, 0) is 9.59 Å². The van der Waals surface area contributed by atoms with E-state index < -0.39 is 5.60 Å². The monoisotopic (exact) mass is 282 g/mol. The molecular weight excluding hydrogens is 256 g/mol. The maximum Gasteiger partial charge on any atom is 0.224 e. The van der Waals surface area contributed by atoms with E-state index in [1.807, 2.05) is 0 Å². The van der Waals surface area contributed by atoms with E-state index in [-0.39, 0.29) is 17.7 Å². The molecule has 2 saturated carbocycles. The predicted octanol–water partition coefficient (Wildman–Crippen LogP) is 0.912. The number of hydrogen-bond acceptors (Lipinski definition) is 3. The first-order valence-corrected chi connectivity index (χ1v) is 7.65. The zero-order valence-corrected chi connectivity index (χ0v) is 12.5. The zero-order valence-electron chi connectivity index (χ0n) is 12.5. The van der Waals surface area contributed by atoms with Gasteiger partial charge in [0.1, 0.15) is 0 Å². The van der Waals surface area contributed by atoms with Crippen molar-refractivity contribution in [2.75, 3.05) is 20.1 Å². The van der Waals surface area contributed by atoms with Gasteiger partial charge in [0.15, 0.2) is 0 Å². The van der Waals surface area contributed by atoms with E-state index in [1.54, 1.807) is 11.9 Å². The van der Waals surface area contributed by atoms with Crippen molar-refractivity contribution in [3.05, 3.63) is 0 Å². The van der Waals surface area contributed by atoms with E-state index in [4.69, 9.17) is 0 Å². The highest BCUT2D eigenvalue weighted by Gasteiger charge is 2.39. The van der Waals surface area contributed by atoms with Gasteiger partial charge in [0.25, 0.3) is 0 Å². The van der Waals surface area contributed by atoms with Crippen LogP contribution in [0.25, 0.3) is 0 Å². The smallest absolute Gasteiger partial charge is 0.224 e. The number of hydrogen-bond donors (Lipinski definition) is 2. The van der Waals surface area contributed by atoms with Crippen molar-refractivity contribution in [3.8, 4) is 0 Å². The Labute approximate surface area is 120 Å². The van der Waals surface area contributed by atoms with Gasteiger partial charge in [0.05, 0.1) is 5.60 Å². The minimum atomic E-state index is -0.697. The van der Waals surface area contributed by atoms with Crippen LogP contribution in [0.5, 0.6) is 0 Å². The van der Waals surface area contributed by atoms with Crippen LogP contribution in [0.1, 0.15) is 45.4 Å². The first-order chi connectivity index (χ1) is 9.41. The molecule has 0 spiro atoms. The molecule has 0 aromatic rings. The van der Waals surface area contributed by atoms with Gasteiger partial charge in [-0.05, 0) is 25.2 Å². The number of likely N-dealkylation sites (N-methyl/N-ethyl adjacent to an activating group) is 1. The van der Waals surface area contributed by atoms with Crippen molar-refractivity contribution in [2.24, 2.45) is 11.8 Å². The highest BCUT2D eigenvalue weighted by Crippen LogP contribution is 2.37. The molecule has 0 saturated heterocycles. The molecule has 5 nitrogen and oxygen atoms in total. The van der Waals surface area contributed by atoms with E-state index in [0.29, 0.717) is 25.4 Å². The topological polar surface area (TPSA) is 69.6 Å². The Bertz CT molecular complexity index is 377. The van der Waals surface area contributed by atoms with Crippen LogP contribution in [0.3, 0.4) is 0 Å². The molecule has 114 valence electrons. The molecule has 0 heterocycles. The van der Waals surface area contributed by atoms with Crippen LogP contribution >= 0.6 is 0 Å². The van der Waals surface area contributed by atoms with Gasteiger partial charge in [0, 0.05) is 32.5 Å². The summed E-state index contributed by atoms with van der Waals surface area (Å²) in [4.78, 5) is 25.2. The molecule has 2 rings (SSSR count). The van der Waals surface area contributed by atoms with E-state index >= 15 is 0 Å². The fourth-order valence-corrected chi connectivity index (χ4v) is 3.02. The Morgan fingerprint density at radius 1 is 1.35 bits per heavy atom. The number of nitrogens with one attached hydrogen (secondary N) is 1. The van der Waals surface area contributed by atoms with Crippen molar-refractivity contribution in [1.82, 2.24) is 10.2 Å². The van der Waals surface area contributed by atoms with Crippen molar-refractivity contribution in [3.63, 3.8) is 0 Å². The number of rotatable bonds is 6. The Balaban J connectivity index is 1.65. The lowest BCUT2D eigenvalue weighted by Gasteiger charge is -2.28. The van der Waals surface area contributed by atoms with Gasteiger partial charge < -0.3 is 15.3 Å². The van der Waals surface area contributed by atoms with Crippen LogP contribution in [0, 0.1) is 11.8 Å². The second kappa shape index (κ2) is 6.12. The van der Waals surface area contributed by atoms with Gasteiger partial charge in [-0.15, -0.1) is 0 Å². The van der Waals surface area contributed by atoms with Gasteiger partial charge in [0.2, 0.25) is 11.8 Å². The summed E-state index contributed by atoms with van der Waals surface area (Å²) in [6, 6.07) is 0. The van der Waals surface area contributed by atoms with Gasteiger partial charge in [-0.1, -0.05) is 19.8 Å². The summed E-state index contributed by atoms with van der Waals surface area (Å²) >= 11 is 0. The predicted molar refractivity (Wildman–Crippen MR) is 76.0 cm³/mol. The van der Waals surface area contributed by atoms with Gasteiger partial charge in [-0.25, -0.2) is 0 Å². The fourth-order valence-electron chi connectivity index (χ4n) is 3.02. The Morgan fingerprint density at radius 2 is 1.95 bits per heavy atom. The number of carbonyl (C=O) groups excluding carboxylic acids is 2. The number of carbonyl (C=O) groups is 2. The Morgan fingerprint density at radius 3 is 2.50 bits per heavy atom. The lowest BCUT2D eigenvalue weighted by Crippen LogP contribution is -2.43. The molecular formula is C15H26N2O3. The first-order valence-electron chi connectivity index (χ1n) is 7.65. The SMILES string of the molecule is CC1CC1C(=O)NCCC(=O)N(C)CC1(O)CCCC1. The highest BCUT2D eigenvalue weighted by atomic mass is 16.3. The van der Waals surface area contributed by atoms with Crippen LogP contribution in [-0.4, -0.2) is 47.6 Å². The van der Waals surface area contributed by atoms with E-state index in [0.717, 1.165) is 32.1 Å². The third-order valence-corrected chi connectivity index (χ3v) is 4.58. The second-order valence-electron chi connectivity index (χ2n) is 6.54. The molecule has 2 aliphatic rings. The van der Waals surface area contributed by atoms with Gasteiger partial charge in [-0.3, -0.25) is 9.59 Å². The van der Waals surface area contributed by atoms with Crippen LogP contribution < -0.4 is 5.32 Å². The van der Waals surface area contributed by atoms with Gasteiger partial charge in [-0.2, -0.15) is 0 Å². The second-order valence-corrected chi connectivity index (χ2v) is 6.54. The molecule has 0 bridgehead atoms. The maximum atomic E-state index is 12.0. The molecule has 2 amide bonds. The Kier molecular flexibility index (Phi) is 4.68. The minimum absolute atomic E-state index is 0.0190. The third kappa shape index (κ3) is 3.95. The van der Waals surface area contributed by atoms with E-state index in [9.17, 15) is 14.7 Å². The van der Waals surface area contributed by atoms with E-state index in [2.05, 4.69) is 12.2 Å². The third-order valence-electron chi connectivity index (χ3n) is 4.58. The molecule has 5 heteroatoms. The molecule has 0 radical (unpaired) electrons. The molecule has 2 fully saturated rings. The summed E-state index contributed by atoms with van der Waals surface area (Å²) in [6.07, 6.45) is 4.90. The van der Waals surface area contributed by atoms with Crippen molar-refractivity contribution < 1.29 is 14.7 Å². The van der Waals surface area contributed by atoms with Crippen molar-refractivity contribution >= 4 is 11.8 Å². The summed E-state index contributed by atoms with van der Waals surface area (Å²) in [5.74, 6) is 0.698. The lowest BCUT2D eigenvalue weighted by atomic mass is 10.0. The lowest BCUT2D eigenvalue weighted by molar-refractivity contribution is -0.133. The minimum Gasteiger partial charge on any atom is -0.388 e. The fraction of sp³-hybridized carbons (Fsp3) is 0.867. The largest absolute Gasteiger partial charge is 0.388 e. The zero-order chi connectivity index (χ0) is 14.8. The number of amides is 2. The molecule has 0 aromatic heterocycles. The molecule has 2 aliphatic carbocycles. The summed E-state index contributed by atoms with van der Waals surface area (Å²) < 4.78 is 0. The standard InChI is InChI=1S/C15H26N2O3/c1-11-9-12(11)14(19)16-8-5-13(18)17(2)10-15(20)6-3-4-7-15/h11-12,20H,3-10H2,1-2H3,(H,16,19).